The molecule has 1 saturated carbocycles. The molecular formula is C10H18O. The van der Waals surface area contributed by atoms with Crippen LogP contribution in [-0.2, 0) is 4.74 Å². The molecule has 1 aliphatic heterocycles. The maximum atomic E-state index is 5.62. The molecule has 64 valence electrons. The molecule has 4 unspecified atom stereocenters. The minimum absolute atomic E-state index is 0.638. The zero-order chi connectivity index (χ0) is 8.01. The highest BCUT2D eigenvalue weighted by Crippen LogP contribution is 2.46. The Kier molecular flexibility index (Phi) is 1.71. The maximum absolute atomic E-state index is 5.62. The van der Waals surface area contributed by atoms with Crippen molar-refractivity contribution in [3.05, 3.63) is 0 Å². The van der Waals surface area contributed by atoms with Crippen LogP contribution in [0.25, 0.3) is 0 Å². The molecule has 0 aromatic heterocycles. The standard InChI is InChI=1S/C10H18O/c1-6(2)9-7(3)4-5-8-10(9)11-8/h6-10H,4-5H2,1-3H3. The first kappa shape index (κ1) is 7.60. The SMILES string of the molecule is CC(C)C1C(C)CCC2OC21. The Morgan fingerprint density at radius 2 is 2.00 bits per heavy atom. The molecule has 0 aromatic rings. The van der Waals surface area contributed by atoms with E-state index >= 15 is 0 Å². The Labute approximate surface area is 69.1 Å². The lowest BCUT2D eigenvalue weighted by Gasteiger charge is -2.28. The summed E-state index contributed by atoms with van der Waals surface area (Å²) in [5.41, 5.74) is 0. The quantitative estimate of drug-likeness (QED) is 0.528. The third-order valence-electron chi connectivity index (χ3n) is 3.33. The average Bonchev–Trinajstić information content (AvgIpc) is 2.64. The predicted octanol–water partition coefficient (Wildman–Crippen LogP) is 2.46. The average molecular weight is 154 g/mol. The Hall–Kier alpha value is -0.0400. The monoisotopic (exact) mass is 154 g/mol. The number of hydrogen-bond acceptors (Lipinski definition) is 1. The van der Waals surface area contributed by atoms with Crippen molar-refractivity contribution < 1.29 is 4.74 Å². The maximum Gasteiger partial charge on any atom is 0.0874 e. The molecule has 2 fully saturated rings. The molecular weight excluding hydrogens is 136 g/mol. The van der Waals surface area contributed by atoms with Gasteiger partial charge < -0.3 is 4.74 Å². The first-order valence-corrected chi connectivity index (χ1v) is 4.85. The lowest BCUT2D eigenvalue weighted by atomic mass is 9.74. The van der Waals surface area contributed by atoms with Crippen molar-refractivity contribution >= 4 is 0 Å². The van der Waals surface area contributed by atoms with Crippen LogP contribution < -0.4 is 0 Å². The summed E-state index contributed by atoms with van der Waals surface area (Å²) in [5.74, 6) is 2.53. The minimum atomic E-state index is 0.638. The first-order chi connectivity index (χ1) is 5.20. The van der Waals surface area contributed by atoms with E-state index in [-0.39, 0.29) is 0 Å². The van der Waals surface area contributed by atoms with E-state index in [9.17, 15) is 0 Å². The molecule has 1 aliphatic carbocycles. The van der Waals surface area contributed by atoms with Gasteiger partial charge in [0.25, 0.3) is 0 Å². The molecule has 0 spiro atoms. The molecule has 0 bridgehead atoms. The Morgan fingerprint density at radius 1 is 1.27 bits per heavy atom. The summed E-state index contributed by atoms with van der Waals surface area (Å²) >= 11 is 0. The summed E-state index contributed by atoms with van der Waals surface area (Å²) in [5, 5.41) is 0. The predicted molar refractivity (Wildman–Crippen MR) is 45.4 cm³/mol. The summed E-state index contributed by atoms with van der Waals surface area (Å²) in [6.45, 7) is 7.03. The Bertz CT molecular complexity index is 151. The van der Waals surface area contributed by atoms with Gasteiger partial charge in [-0.05, 0) is 30.6 Å². The summed E-state index contributed by atoms with van der Waals surface area (Å²) in [7, 11) is 0. The Balaban J connectivity index is 2.04. The van der Waals surface area contributed by atoms with Crippen LogP contribution in [0, 0.1) is 17.8 Å². The smallest absolute Gasteiger partial charge is 0.0874 e. The number of rotatable bonds is 1. The van der Waals surface area contributed by atoms with Gasteiger partial charge in [0.1, 0.15) is 0 Å². The highest BCUT2D eigenvalue weighted by molar-refractivity contribution is 4.97. The van der Waals surface area contributed by atoms with E-state index in [1.54, 1.807) is 0 Å². The molecule has 4 atom stereocenters. The van der Waals surface area contributed by atoms with Crippen LogP contribution in [0.2, 0.25) is 0 Å². The Morgan fingerprint density at radius 3 is 2.55 bits per heavy atom. The molecule has 0 amide bonds. The van der Waals surface area contributed by atoms with Crippen LogP contribution in [0.15, 0.2) is 0 Å². The van der Waals surface area contributed by atoms with Gasteiger partial charge in [-0.2, -0.15) is 0 Å². The largest absolute Gasteiger partial charge is 0.369 e. The highest BCUT2D eigenvalue weighted by Gasteiger charge is 2.50. The molecule has 1 nitrogen and oxygen atoms in total. The van der Waals surface area contributed by atoms with Crippen LogP contribution >= 0.6 is 0 Å². The van der Waals surface area contributed by atoms with E-state index < -0.39 is 0 Å². The van der Waals surface area contributed by atoms with Crippen LogP contribution in [0.5, 0.6) is 0 Å². The zero-order valence-electron chi connectivity index (χ0n) is 7.71. The number of epoxide rings is 1. The van der Waals surface area contributed by atoms with Crippen LogP contribution in [0.4, 0.5) is 0 Å². The topological polar surface area (TPSA) is 12.5 Å². The second kappa shape index (κ2) is 2.48. The van der Waals surface area contributed by atoms with E-state index in [0.29, 0.717) is 12.2 Å². The number of hydrogen-bond donors (Lipinski definition) is 0. The van der Waals surface area contributed by atoms with Crippen molar-refractivity contribution in [2.45, 2.75) is 45.8 Å². The molecule has 1 saturated heterocycles. The van der Waals surface area contributed by atoms with Gasteiger partial charge in [0, 0.05) is 0 Å². The number of ether oxygens (including phenoxy) is 1. The van der Waals surface area contributed by atoms with Crippen LogP contribution in [0.1, 0.15) is 33.6 Å². The number of fused-ring (bicyclic) bond motifs is 1. The molecule has 0 radical (unpaired) electrons. The fraction of sp³-hybridized carbons (Fsp3) is 1.00. The normalized spacial score (nSPS) is 49.1. The summed E-state index contributed by atoms with van der Waals surface area (Å²) < 4.78 is 5.62. The van der Waals surface area contributed by atoms with E-state index in [1.165, 1.54) is 12.8 Å². The van der Waals surface area contributed by atoms with E-state index in [4.69, 9.17) is 4.74 Å². The summed E-state index contributed by atoms with van der Waals surface area (Å²) in [6.07, 6.45) is 3.98. The van der Waals surface area contributed by atoms with Gasteiger partial charge in [-0.3, -0.25) is 0 Å². The minimum Gasteiger partial charge on any atom is -0.369 e. The van der Waals surface area contributed by atoms with Gasteiger partial charge >= 0.3 is 0 Å². The van der Waals surface area contributed by atoms with Gasteiger partial charge in [0.05, 0.1) is 12.2 Å². The van der Waals surface area contributed by atoms with E-state index in [0.717, 1.165) is 17.8 Å². The van der Waals surface area contributed by atoms with Crippen molar-refractivity contribution in [2.24, 2.45) is 17.8 Å². The van der Waals surface area contributed by atoms with E-state index in [2.05, 4.69) is 20.8 Å². The summed E-state index contributed by atoms with van der Waals surface area (Å²) in [4.78, 5) is 0. The second-order valence-electron chi connectivity index (χ2n) is 4.52. The lowest BCUT2D eigenvalue weighted by molar-refractivity contribution is 0.197. The molecule has 0 N–H and O–H groups in total. The molecule has 2 rings (SSSR count). The molecule has 0 aromatic carbocycles. The molecule has 11 heavy (non-hydrogen) atoms. The van der Waals surface area contributed by atoms with Crippen molar-refractivity contribution in [1.82, 2.24) is 0 Å². The van der Waals surface area contributed by atoms with Crippen molar-refractivity contribution in [2.75, 3.05) is 0 Å². The van der Waals surface area contributed by atoms with Crippen LogP contribution in [-0.4, -0.2) is 12.2 Å². The molecule has 2 aliphatic rings. The van der Waals surface area contributed by atoms with Gasteiger partial charge in [0.15, 0.2) is 0 Å². The van der Waals surface area contributed by atoms with Crippen molar-refractivity contribution in [1.29, 1.82) is 0 Å². The van der Waals surface area contributed by atoms with Gasteiger partial charge in [-0.1, -0.05) is 20.8 Å². The fourth-order valence-electron chi connectivity index (χ4n) is 2.71. The van der Waals surface area contributed by atoms with Gasteiger partial charge in [0.2, 0.25) is 0 Å². The van der Waals surface area contributed by atoms with E-state index in [1.807, 2.05) is 0 Å². The zero-order valence-corrected chi connectivity index (χ0v) is 7.71. The van der Waals surface area contributed by atoms with Gasteiger partial charge in [-0.25, -0.2) is 0 Å². The highest BCUT2D eigenvalue weighted by atomic mass is 16.6. The van der Waals surface area contributed by atoms with Gasteiger partial charge in [-0.15, -0.1) is 0 Å². The third-order valence-corrected chi connectivity index (χ3v) is 3.33. The third kappa shape index (κ3) is 1.20. The van der Waals surface area contributed by atoms with Crippen molar-refractivity contribution in [3.8, 4) is 0 Å². The van der Waals surface area contributed by atoms with Crippen molar-refractivity contribution in [3.63, 3.8) is 0 Å². The lowest BCUT2D eigenvalue weighted by Crippen LogP contribution is -2.28. The first-order valence-electron chi connectivity index (χ1n) is 4.85. The summed E-state index contributed by atoms with van der Waals surface area (Å²) in [6, 6.07) is 0. The molecule has 1 heterocycles. The fourth-order valence-corrected chi connectivity index (χ4v) is 2.71. The van der Waals surface area contributed by atoms with Crippen LogP contribution in [0.3, 0.4) is 0 Å². The molecule has 1 heteroatoms. The second-order valence-corrected chi connectivity index (χ2v) is 4.52.